The number of hydrogen-bond donors (Lipinski definition) is 0. The first-order chi connectivity index (χ1) is 12.6. The molecule has 1 aliphatic heterocycles. The topological polar surface area (TPSA) is 38.8 Å². The minimum Gasteiger partial charge on any atom is -0.497 e. The predicted octanol–water partition coefficient (Wildman–Crippen LogP) is 4.66. The fourth-order valence-corrected chi connectivity index (χ4v) is 3.25. The monoisotopic (exact) mass is 371 g/mol. The number of methoxy groups -OCH3 is 1. The summed E-state index contributed by atoms with van der Waals surface area (Å²) in [6.07, 6.45) is 0.0139. The summed E-state index contributed by atoms with van der Waals surface area (Å²) in [5, 5.41) is 0. The van der Waals surface area contributed by atoms with Crippen molar-refractivity contribution in [2.75, 3.05) is 13.0 Å². The Balaban J connectivity index is 1.96. The molecular formula is C21H22ClNO3. The maximum absolute atomic E-state index is 13.1. The van der Waals surface area contributed by atoms with E-state index >= 15 is 0 Å². The van der Waals surface area contributed by atoms with Gasteiger partial charge in [-0.15, -0.1) is 11.6 Å². The Morgan fingerprint density at radius 1 is 1.12 bits per heavy atom. The second kappa shape index (κ2) is 8.28. The minimum atomic E-state index is -0.479. The maximum Gasteiger partial charge on any atom is 0.256 e. The summed E-state index contributed by atoms with van der Waals surface area (Å²) in [6, 6.07) is 17.5. The number of nitrogens with zero attached hydrogens (tertiary/aromatic N) is 1. The Bertz CT molecular complexity index is 787. The van der Waals surface area contributed by atoms with Gasteiger partial charge in [-0.1, -0.05) is 30.3 Å². The van der Waals surface area contributed by atoms with Gasteiger partial charge in [0, 0.05) is 18.0 Å². The molecule has 0 saturated heterocycles. The van der Waals surface area contributed by atoms with E-state index in [0.29, 0.717) is 30.2 Å². The highest BCUT2D eigenvalue weighted by atomic mass is 35.5. The fraction of sp³-hybridized carbons (Fsp3) is 0.286. The van der Waals surface area contributed by atoms with Gasteiger partial charge < -0.3 is 9.47 Å². The predicted molar refractivity (Wildman–Crippen MR) is 102 cm³/mol. The van der Waals surface area contributed by atoms with Gasteiger partial charge in [-0.25, -0.2) is 0 Å². The van der Waals surface area contributed by atoms with E-state index < -0.39 is 6.23 Å². The molecule has 0 aromatic heterocycles. The zero-order valence-electron chi connectivity index (χ0n) is 14.9. The van der Waals surface area contributed by atoms with Crippen molar-refractivity contribution in [1.29, 1.82) is 0 Å². The number of carbonyl (C=O) groups is 1. The van der Waals surface area contributed by atoms with Crippen LogP contribution in [0.4, 0.5) is 0 Å². The number of carbonyl (C=O) groups excluding carboxylic acids is 1. The molecule has 0 N–H and O–H groups in total. The van der Waals surface area contributed by atoms with Crippen LogP contribution >= 0.6 is 11.6 Å². The molecule has 1 atom stereocenters. The molecule has 1 heterocycles. The van der Waals surface area contributed by atoms with Gasteiger partial charge in [0.25, 0.3) is 5.91 Å². The molecule has 2 aromatic carbocycles. The first-order valence-corrected chi connectivity index (χ1v) is 9.08. The van der Waals surface area contributed by atoms with Crippen LogP contribution in [-0.4, -0.2) is 23.8 Å². The molecule has 3 rings (SSSR count). The summed E-state index contributed by atoms with van der Waals surface area (Å²) >= 11 is 5.89. The highest BCUT2D eigenvalue weighted by Gasteiger charge is 2.35. The van der Waals surface area contributed by atoms with Crippen LogP contribution in [0.25, 0.3) is 0 Å². The van der Waals surface area contributed by atoms with E-state index in [2.05, 4.69) is 0 Å². The van der Waals surface area contributed by atoms with Crippen molar-refractivity contribution in [3.63, 3.8) is 0 Å². The largest absolute Gasteiger partial charge is 0.497 e. The number of ether oxygens (including phenoxy) is 2. The SMILES string of the molecule is COc1ccc(C2OC(C)=C(CCCl)C(=O)N2Cc2ccccc2)cc1. The number of rotatable bonds is 6. The Kier molecular flexibility index (Phi) is 5.84. The molecule has 0 aliphatic carbocycles. The molecule has 4 nitrogen and oxygen atoms in total. The summed E-state index contributed by atoms with van der Waals surface area (Å²) in [4.78, 5) is 14.9. The number of halogens is 1. The second-order valence-electron chi connectivity index (χ2n) is 6.14. The third kappa shape index (κ3) is 3.86. The number of hydrogen-bond acceptors (Lipinski definition) is 3. The number of benzene rings is 2. The molecule has 5 heteroatoms. The first kappa shape index (κ1) is 18.3. The molecule has 1 unspecified atom stereocenters. The maximum atomic E-state index is 13.1. The Morgan fingerprint density at radius 3 is 2.42 bits per heavy atom. The fourth-order valence-electron chi connectivity index (χ4n) is 3.06. The summed E-state index contributed by atoms with van der Waals surface area (Å²) in [7, 11) is 1.63. The molecule has 1 amide bonds. The van der Waals surface area contributed by atoms with Gasteiger partial charge >= 0.3 is 0 Å². The third-order valence-electron chi connectivity index (χ3n) is 4.46. The normalized spacial score (nSPS) is 17.3. The standard InChI is InChI=1S/C21H22ClNO3/c1-15-19(12-13-22)20(24)23(14-16-6-4-3-5-7-16)21(26-15)17-8-10-18(25-2)11-9-17/h3-11,21H,12-14H2,1-2H3. The Hall–Kier alpha value is -2.46. The molecule has 0 saturated carbocycles. The minimum absolute atomic E-state index is 0.0286. The highest BCUT2D eigenvalue weighted by molar-refractivity contribution is 6.18. The number of amides is 1. The summed E-state index contributed by atoms with van der Waals surface area (Å²) in [6.45, 7) is 2.30. The van der Waals surface area contributed by atoms with Gasteiger partial charge in [0.15, 0.2) is 0 Å². The van der Waals surface area contributed by atoms with Crippen LogP contribution in [0.1, 0.15) is 30.7 Å². The van der Waals surface area contributed by atoms with Crippen LogP contribution in [-0.2, 0) is 16.1 Å². The van der Waals surface area contributed by atoms with Crippen molar-refractivity contribution in [3.05, 3.63) is 77.1 Å². The highest BCUT2D eigenvalue weighted by Crippen LogP contribution is 2.35. The van der Waals surface area contributed by atoms with Gasteiger partial charge in [0.1, 0.15) is 11.5 Å². The Labute approximate surface area is 159 Å². The van der Waals surface area contributed by atoms with Crippen LogP contribution in [0.5, 0.6) is 5.75 Å². The van der Waals surface area contributed by atoms with Gasteiger partial charge in [-0.05, 0) is 43.2 Å². The van der Waals surface area contributed by atoms with Crippen LogP contribution in [0, 0.1) is 0 Å². The molecule has 1 aliphatic rings. The zero-order chi connectivity index (χ0) is 18.5. The average molecular weight is 372 g/mol. The lowest BCUT2D eigenvalue weighted by molar-refractivity contribution is -0.146. The zero-order valence-corrected chi connectivity index (χ0v) is 15.7. The smallest absolute Gasteiger partial charge is 0.256 e. The van der Waals surface area contributed by atoms with E-state index in [1.54, 1.807) is 12.0 Å². The molecule has 26 heavy (non-hydrogen) atoms. The van der Waals surface area contributed by atoms with E-state index in [1.807, 2.05) is 61.5 Å². The molecule has 0 radical (unpaired) electrons. The van der Waals surface area contributed by atoms with Gasteiger partial charge in [0.05, 0.1) is 12.7 Å². The van der Waals surface area contributed by atoms with E-state index in [0.717, 1.165) is 16.9 Å². The van der Waals surface area contributed by atoms with Crippen LogP contribution in [0.2, 0.25) is 0 Å². The van der Waals surface area contributed by atoms with E-state index in [9.17, 15) is 4.79 Å². The van der Waals surface area contributed by atoms with Crippen LogP contribution in [0.3, 0.4) is 0 Å². The third-order valence-corrected chi connectivity index (χ3v) is 4.65. The summed E-state index contributed by atoms with van der Waals surface area (Å²) in [5.41, 5.74) is 2.59. The van der Waals surface area contributed by atoms with Crippen molar-refractivity contribution >= 4 is 17.5 Å². The van der Waals surface area contributed by atoms with Crippen molar-refractivity contribution < 1.29 is 14.3 Å². The lowest BCUT2D eigenvalue weighted by Crippen LogP contribution is -2.40. The molecular weight excluding hydrogens is 350 g/mol. The average Bonchev–Trinajstić information content (AvgIpc) is 2.68. The van der Waals surface area contributed by atoms with Gasteiger partial charge in [0.2, 0.25) is 6.23 Å². The van der Waals surface area contributed by atoms with E-state index in [4.69, 9.17) is 21.1 Å². The van der Waals surface area contributed by atoms with Crippen molar-refractivity contribution in [1.82, 2.24) is 4.90 Å². The second-order valence-corrected chi connectivity index (χ2v) is 6.51. The van der Waals surface area contributed by atoms with E-state index in [-0.39, 0.29) is 5.91 Å². The van der Waals surface area contributed by atoms with Crippen molar-refractivity contribution in [3.8, 4) is 5.75 Å². The molecule has 0 spiro atoms. The molecule has 136 valence electrons. The number of allylic oxidation sites excluding steroid dienone is 1. The summed E-state index contributed by atoms with van der Waals surface area (Å²) < 4.78 is 11.4. The Morgan fingerprint density at radius 2 is 1.81 bits per heavy atom. The quantitative estimate of drug-likeness (QED) is 0.693. The van der Waals surface area contributed by atoms with Crippen molar-refractivity contribution in [2.45, 2.75) is 26.1 Å². The summed E-state index contributed by atoms with van der Waals surface area (Å²) in [5.74, 6) is 1.76. The molecule has 2 aromatic rings. The first-order valence-electron chi connectivity index (χ1n) is 8.55. The van der Waals surface area contributed by atoms with Gasteiger partial charge in [-0.2, -0.15) is 0 Å². The van der Waals surface area contributed by atoms with Crippen LogP contribution < -0.4 is 4.74 Å². The number of alkyl halides is 1. The van der Waals surface area contributed by atoms with Gasteiger partial charge in [-0.3, -0.25) is 9.69 Å². The molecule has 0 bridgehead atoms. The van der Waals surface area contributed by atoms with Crippen LogP contribution in [0.15, 0.2) is 65.9 Å². The molecule has 0 fully saturated rings. The lowest BCUT2D eigenvalue weighted by Gasteiger charge is -2.37. The lowest BCUT2D eigenvalue weighted by atomic mass is 10.0. The van der Waals surface area contributed by atoms with E-state index in [1.165, 1.54) is 0 Å². The van der Waals surface area contributed by atoms with Crippen molar-refractivity contribution in [2.24, 2.45) is 0 Å².